The first kappa shape index (κ1) is 24.9. The molecule has 42 heavy (non-hydrogen) atoms. The van der Waals surface area contributed by atoms with Gasteiger partial charge < -0.3 is 9.47 Å². The van der Waals surface area contributed by atoms with E-state index in [0.717, 1.165) is 0 Å². The van der Waals surface area contributed by atoms with E-state index in [9.17, 15) is 0 Å². The molecule has 0 saturated heterocycles. The van der Waals surface area contributed by atoms with E-state index in [4.69, 9.17) is 0 Å². The zero-order valence-electron chi connectivity index (χ0n) is 24.6. The molecule has 1 aromatic heterocycles. The highest BCUT2D eigenvalue weighted by molar-refractivity contribution is 6.09. The van der Waals surface area contributed by atoms with E-state index in [0.29, 0.717) is 0 Å². The normalized spacial score (nSPS) is 19.0. The van der Waals surface area contributed by atoms with Crippen LogP contribution in [-0.2, 0) is 5.41 Å². The predicted octanol–water partition coefficient (Wildman–Crippen LogP) is 10.3. The van der Waals surface area contributed by atoms with Crippen LogP contribution in [0.1, 0.15) is 29.2 Å². The molecule has 6 aromatic rings. The molecule has 1 aliphatic heterocycles. The van der Waals surface area contributed by atoms with Crippen molar-refractivity contribution in [3.63, 3.8) is 0 Å². The van der Waals surface area contributed by atoms with Crippen LogP contribution in [0, 0.1) is 20.8 Å². The summed E-state index contributed by atoms with van der Waals surface area (Å²) in [6, 6.07) is 38.5. The van der Waals surface area contributed by atoms with Crippen LogP contribution in [0.25, 0.3) is 38.6 Å². The van der Waals surface area contributed by atoms with Gasteiger partial charge in [0.15, 0.2) is 0 Å². The Labute approximate surface area is 247 Å². The molecule has 0 spiro atoms. The maximum absolute atomic E-state index is 2.56. The van der Waals surface area contributed by atoms with Crippen molar-refractivity contribution in [3.05, 3.63) is 150 Å². The summed E-state index contributed by atoms with van der Waals surface area (Å²) in [5.74, 6) is 0. The number of anilines is 2. The van der Waals surface area contributed by atoms with Gasteiger partial charge in [0.1, 0.15) is 0 Å². The van der Waals surface area contributed by atoms with E-state index in [-0.39, 0.29) is 11.5 Å². The molecule has 2 aliphatic rings. The van der Waals surface area contributed by atoms with E-state index in [2.05, 4.69) is 165 Å². The van der Waals surface area contributed by atoms with Crippen molar-refractivity contribution in [2.24, 2.45) is 0 Å². The van der Waals surface area contributed by atoms with Crippen molar-refractivity contribution in [3.8, 4) is 16.8 Å². The summed E-state index contributed by atoms with van der Waals surface area (Å²) in [5.41, 5.74) is 13.9. The molecule has 2 unspecified atom stereocenters. The number of hydrogen-bond acceptors (Lipinski definition) is 1. The summed E-state index contributed by atoms with van der Waals surface area (Å²) in [6.07, 6.45) is 9.16. The van der Waals surface area contributed by atoms with Gasteiger partial charge >= 0.3 is 0 Å². The molecule has 0 saturated carbocycles. The summed E-state index contributed by atoms with van der Waals surface area (Å²) < 4.78 is 2.45. The summed E-state index contributed by atoms with van der Waals surface area (Å²) in [5, 5.41) is 2.56. The first-order chi connectivity index (χ1) is 20.4. The quantitative estimate of drug-likeness (QED) is 0.216. The van der Waals surface area contributed by atoms with Gasteiger partial charge in [0.2, 0.25) is 0 Å². The van der Waals surface area contributed by atoms with Crippen molar-refractivity contribution in [2.75, 3.05) is 4.90 Å². The van der Waals surface area contributed by atoms with E-state index in [1.165, 1.54) is 72.2 Å². The highest BCUT2D eigenvalue weighted by Gasteiger charge is 2.46. The third-order valence-electron chi connectivity index (χ3n) is 9.47. The van der Waals surface area contributed by atoms with Gasteiger partial charge in [-0.15, -0.1) is 0 Å². The zero-order chi connectivity index (χ0) is 28.6. The summed E-state index contributed by atoms with van der Waals surface area (Å²) in [6.45, 7) is 9.06. The SMILES string of the molecule is Cc1cc(C)c(-c2cc(N3c4ccccc4C4(C)C=CC=CC34)cc(-n3c4ccccc4c4ccccc43)c2)c(C)c1. The fourth-order valence-electron chi connectivity index (χ4n) is 7.76. The second kappa shape index (κ2) is 9.09. The van der Waals surface area contributed by atoms with Crippen molar-refractivity contribution >= 4 is 33.2 Å². The Kier molecular flexibility index (Phi) is 5.40. The van der Waals surface area contributed by atoms with Crippen LogP contribution in [-0.4, -0.2) is 10.6 Å². The van der Waals surface area contributed by atoms with Crippen LogP contribution in [0.2, 0.25) is 0 Å². The largest absolute Gasteiger partial charge is 0.333 e. The molecule has 2 heterocycles. The Hall–Kier alpha value is -4.82. The van der Waals surface area contributed by atoms with Crippen LogP contribution in [0.5, 0.6) is 0 Å². The minimum Gasteiger partial charge on any atom is -0.333 e. The van der Waals surface area contributed by atoms with E-state index < -0.39 is 0 Å². The number of hydrogen-bond donors (Lipinski definition) is 0. The number of aromatic nitrogens is 1. The monoisotopic (exact) mass is 542 g/mol. The molecule has 8 rings (SSSR count). The number of para-hydroxylation sites is 3. The average Bonchev–Trinajstić information content (AvgIpc) is 3.46. The Morgan fingerprint density at radius 1 is 0.643 bits per heavy atom. The number of aryl methyl sites for hydroxylation is 3. The minimum absolute atomic E-state index is 0.0932. The van der Waals surface area contributed by atoms with Crippen molar-refractivity contribution < 1.29 is 0 Å². The zero-order valence-corrected chi connectivity index (χ0v) is 24.6. The van der Waals surface area contributed by atoms with Gasteiger partial charge in [-0.25, -0.2) is 0 Å². The number of rotatable bonds is 3. The third-order valence-corrected chi connectivity index (χ3v) is 9.47. The van der Waals surface area contributed by atoms with Gasteiger partial charge in [-0.2, -0.15) is 0 Å². The molecule has 0 radical (unpaired) electrons. The van der Waals surface area contributed by atoms with Crippen LogP contribution in [0.3, 0.4) is 0 Å². The number of benzene rings is 5. The molecule has 2 nitrogen and oxygen atoms in total. The summed E-state index contributed by atoms with van der Waals surface area (Å²) >= 11 is 0. The first-order valence-corrected chi connectivity index (χ1v) is 14.9. The molecule has 5 aromatic carbocycles. The second-order valence-electron chi connectivity index (χ2n) is 12.2. The fraction of sp³-hybridized carbons (Fsp3) is 0.150. The number of allylic oxidation sites excluding steroid dienone is 2. The third kappa shape index (κ3) is 3.51. The minimum atomic E-state index is -0.0932. The number of nitrogens with zero attached hydrogens (tertiary/aromatic N) is 2. The molecule has 0 amide bonds. The van der Waals surface area contributed by atoms with Crippen LogP contribution in [0.4, 0.5) is 11.4 Å². The lowest BCUT2D eigenvalue weighted by molar-refractivity contribution is 0.550. The topological polar surface area (TPSA) is 8.17 Å². The molecule has 204 valence electrons. The van der Waals surface area contributed by atoms with Crippen LogP contribution < -0.4 is 4.90 Å². The maximum atomic E-state index is 2.56. The second-order valence-corrected chi connectivity index (χ2v) is 12.2. The van der Waals surface area contributed by atoms with Crippen LogP contribution in [0.15, 0.2) is 127 Å². The van der Waals surface area contributed by atoms with E-state index in [1.54, 1.807) is 0 Å². The lowest BCUT2D eigenvalue weighted by Crippen LogP contribution is -2.39. The number of fused-ring (bicyclic) bond motifs is 6. The Balaban J connectivity index is 1.46. The first-order valence-electron chi connectivity index (χ1n) is 14.9. The molecule has 2 heteroatoms. The molecule has 1 aliphatic carbocycles. The highest BCUT2D eigenvalue weighted by atomic mass is 15.2. The standard InChI is InChI=1S/C40H34N2/c1-26-21-27(2)39(28(3)22-26)29-23-30(41-35-16-8-5-13-32(35)33-14-6-9-17-36(33)41)25-31(24-29)42-37-18-10-7-15-34(37)40(4)20-12-11-19-38(40)42/h5-25,38H,1-4H3. The van der Waals surface area contributed by atoms with Crippen molar-refractivity contribution in [1.82, 2.24) is 4.57 Å². The van der Waals surface area contributed by atoms with Gasteiger partial charge in [-0.05, 0) is 91.9 Å². The van der Waals surface area contributed by atoms with Crippen molar-refractivity contribution in [1.29, 1.82) is 0 Å². The Morgan fingerprint density at radius 3 is 1.98 bits per heavy atom. The lowest BCUT2D eigenvalue weighted by Gasteiger charge is -2.35. The van der Waals surface area contributed by atoms with E-state index in [1.807, 2.05) is 0 Å². The van der Waals surface area contributed by atoms with Gasteiger partial charge in [0.05, 0.1) is 17.1 Å². The molecule has 2 atom stereocenters. The molecular weight excluding hydrogens is 508 g/mol. The van der Waals surface area contributed by atoms with E-state index >= 15 is 0 Å². The Morgan fingerprint density at radius 2 is 1.26 bits per heavy atom. The summed E-state index contributed by atoms with van der Waals surface area (Å²) in [7, 11) is 0. The smallest absolute Gasteiger partial charge is 0.0655 e. The highest BCUT2D eigenvalue weighted by Crippen LogP contribution is 2.52. The molecule has 0 fully saturated rings. The maximum Gasteiger partial charge on any atom is 0.0655 e. The molecule has 0 N–H and O–H groups in total. The van der Waals surface area contributed by atoms with Gasteiger partial charge in [0, 0.05) is 33.2 Å². The van der Waals surface area contributed by atoms with Gasteiger partial charge in [-0.1, -0.05) is 96.6 Å². The fourth-order valence-corrected chi connectivity index (χ4v) is 7.76. The summed E-state index contributed by atoms with van der Waals surface area (Å²) in [4.78, 5) is 2.56. The lowest BCUT2D eigenvalue weighted by atomic mass is 9.76. The molecular formula is C40H34N2. The molecule has 0 bridgehead atoms. The average molecular weight is 543 g/mol. The Bertz CT molecular complexity index is 2030. The van der Waals surface area contributed by atoms with Gasteiger partial charge in [0.25, 0.3) is 0 Å². The van der Waals surface area contributed by atoms with Gasteiger partial charge in [-0.3, -0.25) is 0 Å². The predicted molar refractivity (Wildman–Crippen MR) is 178 cm³/mol. The van der Waals surface area contributed by atoms with Crippen LogP contribution >= 0.6 is 0 Å². The van der Waals surface area contributed by atoms with Crippen molar-refractivity contribution in [2.45, 2.75) is 39.2 Å².